The second kappa shape index (κ2) is 4.82. The van der Waals surface area contributed by atoms with E-state index in [2.05, 4.69) is 5.32 Å². The van der Waals surface area contributed by atoms with Crippen molar-refractivity contribution in [1.29, 1.82) is 0 Å². The largest absolute Gasteiger partial charge is 0.316 e. The summed E-state index contributed by atoms with van der Waals surface area (Å²) in [7, 11) is 2.00. The summed E-state index contributed by atoms with van der Waals surface area (Å²) in [5.41, 5.74) is 0.927. The molecular weight excluding hydrogens is 249 g/mol. The highest BCUT2D eigenvalue weighted by molar-refractivity contribution is 6.31. The Bertz CT molecular complexity index is 438. The molecule has 1 N–H and O–H groups in total. The first-order chi connectivity index (χ1) is 8.69. The smallest absolute Gasteiger partial charge is 0.142 e. The van der Waals surface area contributed by atoms with E-state index in [1.165, 1.54) is 25.3 Å². The predicted octanol–water partition coefficient (Wildman–Crippen LogP) is 3.66. The minimum Gasteiger partial charge on any atom is -0.316 e. The van der Waals surface area contributed by atoms with Gasteiger partial charge in [-0.2, -0.15) is 0 Å². The summed E-state index contributed by atoms with van der Waals surface area (Å²) < 4.78 is 13.4. The molecule has 2 aliphatic carbocycles. The van der Waals surface area contributed by atoms with E-state index in [0.717, 1.165) is 29.7 Å². The Morgan fingerprint density at radius 1 is 1.33 bits per heavy atom. The van der Waals surface area contributed by atoms with Crippen LogP contribution in [-0.2, 0) is 6.42 Å². The minimum atomic E-state index is -0.307. The van der Waals surface area contributed by atoms with Gasteiger partial charge in [0.05, 0.1) is 5.02 Å². The lowest BCUT2D eigenvalue weighted by Crippen LogP contribution is -2.35. The van der Waals surface area contributed by atoms with Crippen LogP contribution >= 0.6 is 11.6 Å². The third-order valence-corrected chi connectivity index (χ3v) is 5.11. The van der Waals surface area contributed by atoms with Gasteiger partial charge in [-0.25, -0.2) is 4.39 Å². The summed E-state index contributed by atoms with van der Waals surface area (Å²) in [6.07, 6.45) is 4.94. The van der Waals surface area contributed by atoms with Gasteiger partial charge in [-0.3, -0.25) is 0 Å². The number of hydrogen-bond donors (Lipinski definition) is 1. The molecule has 0 radical (unpaired) electrons. The third kappa shape index (κ3) is 2.28. The van der Waals surface area contributed by atoms with Crippen molar-refractivity contribution in [2.24, 2.45) is 17.8 Å². The van der Waals surface area contributed by atoms with Gasteiger partial charge >= 0.3 is 0 Å². The molecule has 2 fully saturated rings. The highest BCUT2D eigenvalue weighted by atomic mass is 35.5. The van der Waals surface area contributed by atoms with Crippen LogP contribution < -0.4 is 5.32 Å². The van der Waals surface area contributed by atoms with Gasteiger partial charge in [0, 0.05) is 6.04 Å². The quantitative estimate of drug-likeness (QED) is 0.878. The Labute approximate surface area is 113 Å². The fourth-order valence-corrected chi connectivity index (χ4v) is 3.74. The number of nitrogens with one attached hydrogen (secondary N) is 1. The van der Waals surface area contributed by atoms with Crippen LogP contribution in [0.4, 0.5) is 4.39 Å². The molecule has 2 aliphatic rings. The molecule has 98 valence electrons. The second-order valence-electron chi connectivity index (χ2n) is 5.80. The van der Waals surface area contributed by atoms with Crippen molar-refractivity contribution in [1.82, 2.24) is 5.32 Å². The van der Waals surface area contributed by atoms with Gasteiger partial charge < -0.3 is 5.32 Å². The van der Waals surface area contributed by atoms with E-state index < -0.39 is 0 Å². The van der Waals surface area contributed by atoms with Crippen LogP contribution in [0.25, 0.3) is 0 Å². The Morgan fingerprint density at radius 3 is 2.72 bits per heavy atom. The Morgan fingerprint density at radius 2 is 2.06 bits per heavy atom. The highest BCUT2D eigenvalue weighted by Gasteiger charge is 2.47. The van der Waals surface area contributed by atoms with Gasteiger partial charge in [-0.1, -0.05) is 23.7 Å². The number of likely N-dealkylation sites (N-methyl/N-ethyl adjacent to an activating group) is 1. The molecule has 0 aromatic heterocycles. The molecule has 1 aromatic carbocycles. The summed E-state index contributed by atoms with van der Waals surface area (Å²) in [5.74, 6) is 2.39. The van der Waals surface area contributed by atoms with Crippen molar-refractivity contribution >= 4 is 11.6 Å². The lowest BCUT2D eigenvalue weighted by molar-refractivity contribution is 0.349. The molecule has 0 aliphatic heterocycles. The monoisotopic (exact) mass is 267 g/mol. The second-order valence-corrected chi connectivity index (χ2v) is 6.18. The number of rotatable bonds is 4. The maximum absolute atomic E-state index is 13.4. The molecule has 3 rings (SSSR count). The summed E-state index contributed by atoms with van der Waals surface area (Å²) >= 11 is 6.04. The van der Waals surface area contributed by atoms with E-state index in [4.69, 9.17) is 11.6 Å². The molecule has 3 atom stereocenters. The molecule has 0 saturated heterocycles. The van der Waals surface area contributed by atoms with Crippen LogP contribution in [0.5, 0.6) is 0 Å². The van der Waals surface area contributed by atoms with E-state index >= 15 is 0 Å². The lowest BCUT2D eigenvalue weighted by Gasteiger charge is -2.25. The number of fused-ring (bicyclic) bond motifs is 1. The van der Waals surface area contributed by atoms with Crippen LogP contribution in [-0.4, -0.2) is 13.1 Å². The first-order valence-electron chi connectivity index (χ1n) is 6.79. The maximum atomic E-state index is 13.4. The van der Waals surface area contributed by atoms with Crippen LogP contribution in [0.3, 0.4) is 0 Å². The molecule has 1 nitrogen and oxygen atoms in total. The topological polar surface area (TPSA) is 12.0 Å². The van der Waals surface area contributed by atoms with Gasteiger partial charge in [0.2, 0.25) is 0 Å². The van der Waals surface area contributed by atoms with E-state index in [1.54, 1.807) is 6.07 Å². The molecule has 1 aromatic rings. The zero-order chi connectivity index (χ0) is 12.7. The predicted molar refractivity (Wildman–Crippen MR) is 72.3 cm³/mol. The van der Waals surface area contributed by atoms with Gasteiger partial charge in [-0.15, -0.1) is 0 Å². The molecule has 3 unspecified atom stereocenters. The normalized spacial score (nSPS) is 31.2. The summed E-state index contributed by atoms with van der Waals surface area (Å²) in [6, 6.07) is 5.53. The minimum absolute atomic E-state index is 0.293. The van der Waals surface area contributed by atoms with Crippen molar-refractivity contribution < 1.29 is 4.39 Å². The number of hydrogen-bond acceptors (Lipinski definition) is 1. The molecule has 0 spiro atoms. The van der Waals surface area contributed by atoms with Crippen molar-refractivity contribution in [2.45, 2.75) is 31.7 Å². The molecule has 0 heterocycles. The first kappa shape index (κ1) is 12.4. The summed E-state index contributed by atoms with van der Waals surface area (Å²) in [5, 5.41) is 3.69. The molecule has 18 heavy (non-hydrogen) atoms. The molecule has 0 bridgehead atoms. The zero-order valence-electron chi connectivity index (χ0n) is 10.6. The van der Waals surface area contributed by atoms with Crippen molar-refractivity contribution in [2.75, 3.05) is 7.05 Å². The standard InChI is InChI=1S/C15H19ClFN/c1-18-14(12-6-10-5-11(10)7-12)8-9-3-2-4-13(17)15(9)16/h2-4,10-12,14,18H,5-8H2,1H3. The van der Waals surface area contributed by atoms with E-state index in [1.807, 2.05) is 13.1 Å². The summed E-state index contributed by atoms with van der Waals surface area (Å²) in [6.45, 7) is 0. The molecular formula is C15H19ClFN. The third-order valence-electron chi connectivity index (χ3n) is 4.69. The van der Waals surface area contributed by atoms with Crippen molar-refractivity contribution in [3.63, 3.8) is 0 Å². The molecule has 2 saturated carbocycles. The number of benzene rings is 1. The van der Waals surface area contributed by atoms with Gasteiger partial charge in [0.1, 0.15) is 5.82 Å². The maximum Gasteiger partial charge on any atom is 0.142 e. The van der Waals surface area contributed by atoms with E-state index in [9.17, 15) is 4.39 Å². The molecule has 0 amide bonds. The van der Waals surface area contributed by atoms with Crippen LogP contribution in [0.15, 0.2) is 18.2 Å². The van der Waals surface area contributed by atoms with E-state index in [0.29, 0.717) is 11.1 Å². The van der Waals surface area contributed by atoms with Gasteiger partial charge in [0.15, 0.2) is 0 Å². The highest BCUT2D eigenvalue weighted by Crippen LogP contribution is 2.55. The fraction of sp³-hybridized carbons (Fsp3) is 0.600. The van der Waals surface area contributed by atoms with Gasteiger partial charge in [-0.05, 0) is 62.1 Å². The number of halogens is 2. The van der Waals surface area contributed by atoms with Crippen LogP contribution in [0.2, 0.25) is 5.02 Å². The zero-order valence-corrected chi connectivity index (χ0v) is 11.4. The van der Waals surface area contributed by atoms with Crippen LogP contribution in [0, 0.1) is 23.6 Å². The fourth-order valence-electron chi connectivity index (χ4n) is 3.54. The Balaban J connectivity index is 1.71. The van der Waals surface area contributed by atoms with Gasteiger partial charge in [0.25, 0.3) is 0 Å². The average Bonchev–Trinajstić information content (AvgIpc) is 2.98. The average molecular weight is 268 g/mol. The van der Waals surface area contributed by atoms with Crippen LogP contribution in [0.1, 0.15) is 24.8 Å². The Kier molecular flexibility index (Phi) is 3.33. The molecule has 3 heteroatoms. The summed E-state index contributed by atoms with van der Waals surface area (Å²) in [4.78, 5) is 0. The van der Waals surface area contributed by atoms with Crippen molar-refractivity contribution in [3.05, 3.63) is 34.6 Å². The Hall–Kier alpha value is -0.600. The first-order valence-corrected chi connectivity index (χ1v) is 7.17. The van der Waals surface area contributed by atoms with E-state index in [-0.39, 0.29) is 5.82 Å². The lowest BCUT2D eigenvalue weighted by atomic mass is 9.90. The SMILES string of the molecule is CNC(Cc1cccc(F)c1Cl)C1CC2CC2C1. The van der Waals surface area contributed by atoms with Crippen molar-refractivity contribution in [3.8, 4) is 0 Å².